The van der Waals surface area contributed by atoms with Crippen molar-refractivity contribution in [2.24, 2.45) is 0 Å². The maximum Gasteiger partial charge on any atom is 0.181 e. The van der Waals surface area contributed by atoms with Gasteiger partial charge in [0.15, 0.2) is 5.13 Å². The summed E-state index contributed by atoms with van der Waals surface area (Å²) in [5, 5.41) is 18.7. The Morgan fingerprint density at radius 2 is 2.25 bits per heavy atom. The minimum absolute atomic E-state index is 0.0364. The van der Waals surface area contributed by atoms with Crippen molar-refractivity contribution in [2.45, 2.75) is 6.42 Å². The van der Waals surface area contributed by atoms with Crippen LogP contribution in [0.5, 0.6) is 5.75 Å². The van der Waals surface area contributed by atoms with E-state index in [0.29, 0.717) is 22.6 Å². The van der Waals surface area contributed by atoms with Gasteiger partial charge in [0.25, 0.3) is 0 Å². The fourth-order valence-electron chi connectivity index (χ4n) is 1.32. The van der Waals surface area contributed by atoms with Crippen LogP contribution in [-0.4, -0.2) is 21.8 Å². The molecular formula is C11H10N2O2S. The van der Waals surface area contributed by atoms with Crippen molar-refractivity contribution >= 4 is 26.7 Å². The summed E-state index contributed by atoms with van der Waals surface area (Å²) in [5.74, 6) is 5.73. The minimum atomic E-state index is 0.0364. The van der Waals surface area contributed by atoms with Crippen LogP contribution in [0.25, 0.3) is 10.2 Å². The summed E-state index contributed by atoms with van der Waals surface area (Å²) < 4.78 is 0.811. The van der Waals surface area contributed by atoms with Crippen molar-refractivity contribution in [3.05, 3.63) is 17.7 Å². The number of nitrogens with two attached hydrogens (primary N) is 1. The highest BCUT2D eigenvalue weighted by Gasteiger charge is 2.06. The molecule has 0 bridgehead atoms. The molecule has 16 heavy (non-hydrogen) atoms. The molecule has 1 aromatic heterocycles. The summed E-state index contributed by atoms with van der Waals surface area (Å²) in [6.07, 6.45) is 0.420. The molecule has 1 heterocycles. The maximum atomic E-state index is 9.69. The van der Waals surface area contributed by atoms with E-state index in [2.05, 4.69) is 16.8 Å². The lowest BCUT2D eigenvalue weighted by Crippen LogP contribution is -1.80. The van der Waals surface area contributed by atoms with Gasteiger partial charge in [-0.2, -0.15) is 0 Å². The van der Waals surface area contributed by atoms with Gasteiger partial charge in [0, 0.05) is 12.0 Å². The molecule has 0 unspecified atom stereocenters. The largest absolute Gasteiger partial charge is 0.506 e. The second kappa shape index (κ2) is 4.39. The SMILES string of the molecule is Nc1nc2c(O)cc(C#CCCO)cc2s1. The van der Waals surface area contributed by atoms with Gasteiger partial charge in [0.2, 0.25) is 0 Å². The fourth-order valence-corrected chi connectivity index (χ4v) is 2.12. The number of phenolic OH excluding ortho intramolecular Hbond substituents is 1. The van der Waals surface area contributed by atoms with E-state index in [9.17, 15) is 5.11 Å². The number of fused-ring (bicyclic) bond motifs is 1. The van der Waals surface area contributed by atoms with Gasteiger partial charge >= 0.3 is 0 Å². The number of nitrogens with zero attached hydrogens (tertiary/aromatic N) is 1. The number of aliphatic hydroxyl groups is 1. The molecular weight excluding hydrogens is 224 g/mol. The third kappa shape index (κ3) is 2.08. The van der Waals surface area contributed by atoms with E-state index >= 15 is 0 Å². The minimum Gasteiger partial charge on any atom is -0.506 e. The molecule has 0 amide bonds. The summed E-state index contributed by atoms with van der Waals surface area (Å²) in [7, 11) is 0. The molecule has 0 atom stereocenters. The number of thiazole rings is 1. The van der Waals surface area contributed by atoms with E-state index in [1.54, 1.807) is 6.07 Å². The molecule has 82 valence electrons. The highest BCUT2D eigenvalue weighted by molar-refractivity contribution is 7.22. The molecule has 0 radical (unpaired) electrons. The van der Waals surface area contributed by atoms with E-state index in [-0.39, 0.29) is 12.4 Å². The molecule has 0 saturated heterocycles. The molecule has 5 heteroatoms. The van der Waals surface area contributed by atoms with E-state index < -0.39 is 0 Å². The third-order valence-electron chi connectivity index (χ3n) is 1.96. The first-order valence-corrected chi connectivity index (χ1v) is 5.51. The van der Waals surface area contributed by atoms with Crippen molar-refractivity contribution in [3.8, 4) is 17.6 Å². The second-order valence-corrected chi connectivity index (χ2v) is 4.23. The number of aliphatic hydroxyl groups excluding tert-OH is 1. The highest BCUT2D eigenvalue weighted by atomic mass is 32.1. The number of rotatable bonds is 1. The molecule has 0 fully saturated rings. The Kier molecular flexibility index (Phi) is 2.95. The molecule has 1 aromatic carbocycles. The van der Waals surface area contributed by atoms with Gasteiger partial charge in [-0.15, -0.1) is 0 Å². The van der Waals surface area contributed by atoms with E-state index in [1.807, 2.05) is 6.07 Å². The Balaban J connectivity index is 2.46. The summed E-state index contributed by atoms with van der Waals surface area (Å²) in [4.78, 5) is 4.01. The molecule has 2 aromatic rings. The first-order valence-electron chi connectivity index (χ1n) is 4.69. The Labute approximate surface area is 96.4 Å². The standard InChI is InChI=1S/C11H10N2O2S/c12-11-13-10-8(15)5-7(3-1-2-4-14)6-9(10)16-11/h5-6,14-15H,2,4H2,(H2,12,13). The van der Waals surface area contributed by atoms with Gasteiger partial charge in [-0.25, -0.2) is 4.98 Å². The van der Waals surface area contributed by atoms with Crippen LogP contribution in [0.4, 0.5) is 5.13 Å². The number of nitrogen functional groups attached to an aromatic ring is 1. The lowest BCUT2D eigenvalue weighted by molar-refractivity contribution is 0.305. The third-order valence-corrected chi connectivity index (χ3v) is 2.79. The first-order chi connectivity index (χ1) is 7.70. The van der Waals surface area contributed by atoms with Crippen LogP contribution in [0.3, 0.4) is 0 Å². The summed E-state index contributed by atoms with van der Waals surface area (Å²) in [6.45, 7) is 0.0364. The zero-order valence-corrected chi connectivity index (χ0v) is 9.21. The van der Waals surface area contributed by atoms with Crippen LogP contribution < -0.4 is 5.73 Å². The fraction of sp³-hybridized carbons (Fsp3) is 0.182. The topological polar surface area (TPSA) is 79.4 Å². The Morgan fingerprint density at radius 3 is 3.00 bits per heavy atom. The summed E-state index contributed by atoms with van der Waals surface area (Å²) in [5.41, 5.74) is 6.76. The molecule has 0 aliphatic carbocycles. The molecule has 0 aliphatic heterocycles. The molecule has 2 rings (SSSR count). The Bertz CT molecular complexity index is 581. The van der Waals surface area contributed by atoms with Crippen LogP contribution in [0.1, 0.15) is 12.0 Å². The number of anilines is 1. The van der Waals surface area contributed by atoms with Crippen molar-refractivity contribution in [1.29, 1.82) is 0 Å². The van der Waals surface area contributed by atoms with Gasteiger partial charge in [-0.1, -0.05) is 23.2 Å². The van der Waals surface area contributed by atoms with Crippen molar-refractivity contribution < 1.29 is 10.2 Å². The number of benzene rings is 1. The summed E-state index contributed by atoms with van der Waals surface area (Å²) >= 11 is 1.31. The van der Waals surface area contributed by atoms with Crippen LogP contribution >= 0.6 is 11.3 Å². The monoisotopic (exact) mass is 234 g/mol. The van der Waals surface area contributed by atoms with E-state index in [0.717, 1.165) is 4.70 Å². The number of hydrogen-bond acceptors (Lipinski definition) is 5. The maximum absolute atomic E-state index is 9.69. The molecule has 4 N–H and O–H groups in total. The average molecular weight is 234 g/mol. The number of phenols is 1. The van der Waals surface area contributed by atoms with Crippen LogP contribution in [0.15, 0.2) is 12.1 Å². The van der Waals surface area contributed by atoms with Crippen LogP contribution in [-0.2, 0) is 0 Å². The Morgan fingerprint density at radius 1 is 1.44 bits per heavy atom. The molecule has 0 saturated carbocycles. The molecule has 4 nitrogen and oxygen atoms in total. The van der Waals surface area contributed by atoms with Crippen LogP contribution in [0, 0.1) is 11.8 Å². The number of aromatic hydroxyl groups is 1. The lowest BCUT2D eigenvalue weighted by atomic mass is 10.2. The lowest BCUT2D eigenvalue weighted by Gasteiger charge is -1.94. The predicted octanol–water partition coefficient (Wildman–Crippen LogP) is 1.32. The highest BCUT2D eigenvalue weighted by Crippen LogP contribution is 2.31. The quantitative estimate of drug-likeness (QED) is 0.650. The molecule has 0 aliphatic rings. The van der Waals surface area contributed by atoms with Crippen LogP contribution in [0.2, 0.25) is 0 Å². The molecule has 0 spiro atoms. The van der Waals surface area contributed by atoms with Crippen molar-refractivity contribution in [2.75, 3.05) is 12.3 Å². The predicted molar refractivity (Wildman–Crippen MR) is 64.3 cm³/mol. The zero-order chi connectivity index (χ0) is 11.5. The van der Waals surface area contributed by atoms with Gasteiger partial charge in [0.05, 0.1) is 11.3 Å². The normalized spacial score (nSPS) is 10.1. The Hall–Kier alpha value is -1.77. The van der Waals surface area contributed by atoms with Gasteiger partial charge in [-0.05, 0) is 12.1 Å². The number of hydrogen-bond donors (Lipinski definition) is 3. The van der Waals surface area contributed by atoms with Gasteiger partial charge in [0.1, 0.15) is 11.3 Å². The van der Waals surface area contributed by atoms with Gasteiger partial charge in [-0.3, -0.25) is 0 Å². The van der Waals surface area contributed by atoms with E-state index in [1.165, 1.54) is 11.3 Å². The zero-order valence-electron chi connectivity index (χ0n) is 8.40. The van der Waals surface area contributed by atoms with E-state index in [4.69, 9.17) is 10.8 Å². The first kappa shape index (κ1) is 10.7. The summed E-state index contributed by atoms with van der Waals surface area (Å²) in [6, 6.07) is 3.37. The average Bonchev–Trinajstić information content (AvgIpc) is 2.60. The smallest absolute Gasteiger partial charge is 0.181 e. The van der Waals surface area contributed by atoms with Gasteiger partial charge < -0.3 is 15.9 Å². The second-order valence-electron chi connectivity index (χ2n) is 3.17. The van der Waals surface area contributed by atoms with Crippen molar-refractivity contribution in [1.82, 2.24) is 4.98 Å². The number of aromatic nitrogens is 1. The van der Waals surface area contributed by atoms with Crippen molar-refractivity contribution in [3.63, 3.8) is 0 Å².